The molecule has 0 spiro atoms. The second-order valence-corrected chi connectivity index (χ2v) is 6.13. The Kier molecular flexibility index (Phi) is 4.06. The van der Waals surface area contributed by atoms with Gasteiger partial charge in [0.15, 0.2) is 0 Å². The molecule has 0 saturated heterocycles. The highest BCUT2D eigenvalue weighted by Crippen LogP contribution is 2.45. The summed E-state index contributed by atoms with van der Waals surface area (Å²) in [4.78, 5) is 12.2. The molecule has 0 amide bonds. The maximum atomic E-state index is 12.2. The van der Waals surface area contributed by atoms with Gasteiger partial charge in [0.2, 0.25) is 0 Å². The Bertz CT molecular complexity index is 457. The van der Waals surface area contributed by atoms with E-state index in [0.717, 1.165) is 24.8 Å². The second kappa shape index (κ2) is 5.96. The molecule has 1 N–H and O–H groups in total. The van der Waals surface area contributed by atoms with Gasteiger partial charge < -0.3 is 9.84 Å². The molecule has 2 aliphatic carbocycles. The van der Waals surface area contributed by atoms with Crippen LogP contribution < -0.4 is 0 Å². The van der Waals surface area contributed by atoms with E-state index in [1.165, 1.54) is 12.8 Å². The van der Waals surface area contributed by atoms with E-state index < -0.39 is 6.10 Å². The molecule has 3 heteroatoms. The fourth-order valence-corrected chi connectivity index (χ4v) is 3.81. The molecule has 0 bridgehead atoms. The van der Waals surface area contributed by atoms with Crippen molar-refractivity contribution >= 4 is 5.97 Å². The summed E-state index contributed by atoms with van der Waals surface area (Å²) < 4.78 is 5.39. The summed E-state index contributed by atoms with van der Waals surface area (Å²) in [6, 6.07) is 9.69. The highest BCUT2D eigenvalue weighted by atomic mass is 16.5. The number of aliphatic hydroxyl groups is 1. The largest absolute Gasteiger partial charge is 0.461 e. The molecule has 0 radical (unpaired) electrons. The smallest absolute Gasteiger partial charge is 0.311 e. The summed E-state index contributed by atoms with van der Waals surface area (Å²) in [5.74, 6) is 0.300. The number of carbonyl (C=O) groups excluding carboxylic acids is 1. The quantitative estimate of drug-likeness (QED) is 0.862. The Morgan fingerprint density at radius 1 is 1.20 bits per heavy atom. The van der Waals surface area contributed by atoms with Crippen molar-refractivity contribution in [3.63, 3.8) is 0 Å². The first kappa shape index (κ1) is 13.6. The molecule has 1 aromatic rings. The van der Waals surface area contributed by atoms with Gasteiger partial charge in [0, 0.05) is 0 Å². The lowest BCUT2D eigenvalue weighted by Gasteiger charge is -2.26. The summed E-state index contributed by atoms with van der Waals surface area (Å²) in [7, 11) is 0. The van der Waals surface area contributed by atoms with E-state index in [0.29, 0.717) is 18.4 Å². The van der Waals surface area contributed by atoms with Crippen LogP contribution in [0.15, 0.2) is 30.3 Å². The molecule has 3 nitrogen and oxygen atoms in total. The molecule has 108 valence electrons. The number of hydrogen-bond donors (Lipinski definition) is 1. The number of fused-ring (bicyclic) bond motifs is 1. The van der Waals surface area contributed by atoms with Crippen LogP contribution in [0, 0.1) is 17.8 Å². The average Bonchev–Trinajstić information content (AvgIpc) is 2.84. The molecular weight excluding hydrogens is 252 g/mol. The highest BCUT2D eigenvalue weighted by molar-refractivity contribution is 5.73. The Balaban J connectivity index is 1.57. The zero-order valence-electron chi connectivity index (χ0n) is 11.7. The molecule has 20 heavy (non-hydrogen) atoms. The first-order valence-corrected chi connectivity index (χ1v) is 7.64. The Hall–Kier alpha value is -1.35. The monoisotopic (exact) mass is 274 g/mol. The number of hydrogen-bond acceptors (Lipinski definition) is 3. The van der Waals surface area contributed by atoms with Crippen LogP contribution >= 0.6 is 0 Å². The molecule has 0 aliphatic heterocycles. The maximum absolute atomic E-state index is 12.2. The van der Waals surface area contributed by atoms with Gasteiger partial charge in [-0.3, -0.25) is 4.79 Å². The van der Waals surface area contributed by atoms with Crippen molar-refractivity contribution in [1.29, 1.82) is 0 Å². The lowest BCUT2D eigenvalue weighted by Crippen LogP contribution is -2.30. The lowest BCUT2D eigenvalue weighted by atomic mass is 9.81. The molecular formula is C17H22O3. The van der Waals surface area contributed by atoms with Crippen LogP contribution in [-0.4, -0.2) is 17.2 Å². The van der Waals surface area contributed by atoms with Crippen molar-refractivity contribution in [2.24, 2.45) is 17.8 Å². The minimum absolute atomic E-state index is 0.226. The van der Waals surface area contributed by atoms with Gasteiger partial charge in [0.25, 0.3) is 0 Å². The van der Waals surface area contributed by atoms with Crippen LogP contribution in [0.2, 0.25) is 0 Å². The SMILES string of the molecule is O=C(OCc1ccccc1)[C@H]1C[C@@H]2CCCC[C@@H]2[C@@H]1O. The number of carbonyl (C=O) groups is 1. The molecule has 2 aliphatic rings. The average molecular weight is 274 g/mol. The van der Waals surface area contributed by atoms with Gasteiger partial charge in [0.1, 0.15) is 6.61 Å². The molecule has 1 aromatic carbocycles. The normalized spacial score (nSPS) is 32.6. The molecule has 2 fully saturated rings. The zero-order valence-corrected chi connectivity index (χ0v) is 11.7. The van der Waals surface area contributed by atoms with Crippen LogP contribution in [0.1, 0.15) is 37.7 Å². The van der Waals surface area contributed by atoms with E-state index in [1.54, 1.807) is 0 Å². The third-order valence-electron chi connectivity index (χ3n) is 4.90. The van der Waals surface area contributed by atoms with E-state index in [9.17, 15) is 9.90 Å². The van der Waals surface area contributed by atoms with Crippen LogP contribution in [-0.2, 0) is 16.1 Å². The summed E-state index contributed by atoms with van der Waals surface area (Å²) in [5.41, 5.74) is 0.991. The number of aliphatic hydroxyl groups excluding tert-OH is 1. The third kappa shape index (κ3) is 2.73. The van der Waals surface area contributed by atoms with Crippen molar-refractivity contribution in [2.45, 2.75) is 44.8 Å². The maximum Gasteiger partial charge on any atom is 0.311 e. The van der Waals surface area contributed by atoms with E-state index in [1.807, 2.05) is 30.3 Å². The summed E-state index contributed by atoms with van der Waals surface area (Å²) in [5, 5.41) is 10.4. The number of ether oxygens (including phenoxy) is 1. The van der Waals surface area contributed by atoms with Gasteiger partial charge in [0.05, 0.1) is 12.0 Å². The van der Waals surface area contributed by atoms with Crippen LogP contribution in [0.3, 0.4) is 0 Å². The van der Waals surface area contributed by atoms with Gasteiger partial charge in [-0.15, -0.1) is 0 Å². The van der Waals surface area contributed by atoms with E-state index >= 15 is 0 Å². The van der Waals surface area contributed by atoms with Crippen LogP contribution in [0.5, 0.6) is 0 Å². The molecule has 0 heterocycles. The van der Waals surface area contributed by atoms with Gasteiger partial charge in [-0.2, -0.15) is 0 Å². The Labute approximate surface area is 120 Å². The molecule has 0 aromatic heterocycles. The van der Waals surface area contributed by atoms with Crippen molar-refractivity contribution in [1.82, 2.24) is 0 Å². The minimum Gasteiger partial charge on any atom is -0.461 e. The van der Waals surface area contributed by atoms with Crippen LogP contribution in [0.4, 0.5) is 0 Å². The third-order valence-corrected chi connectivity index (χ3v) is 4.90. The summed E-state index contributed by atoms with van der Waals surface area (Å²) in [6.45, 7) is 0.304. The van der Waals surface area contributed by atoms with Crippen molar-refractivity contribution in [3.8, 4) is 0 Å². The Morgan fingerprint density at radius 3 is 2.70 bits per heavy atom. The second-order valence-electron chi connectivity index (χ2n) is 6.13. The van der Waals surface area contributed by atoms with Crippen molar-refractivity contribution in [2.75, 3.05) is 0 Å². The molecule has 4 atom stereocenters. The molecule has 3 rings (SSSR count). The lowest BCUT2D eigenvalue weighted by molar-refractivity contribution is -0.153. The predicted octanol–water partition coefficient (Wildman–Crippen LogP) is 2.92. The first-order valence-electron chi connectivity index (χ1n) is 7.64. The van der Waals surface area contributed by atoms with Gasteiger partial charge >= 0.3 is 5.97 Å². The standard InChI is InChI=1S/C17H22O3/c18-16-14-9-5-4-8-13(14)10-15(16)17(19)20-11-12-6-2-1-3-7-12/h1-3,6-7,13-16,18H,4-5,8-11H2/t13-,14-,15-,16-/m0/s1. The summed E-state index contributed by atoms with van der Waals surface area (Å²) in [6.07, 6.45) is 4.95. The van der Waals surface area contributed by atoms with E-state index in [-0.39, 0.29) is 11.9 Å². The predicted molar refractivity (Wildman–Crippen MR) is 75.8 cm³/mol. The van der Waals surface area contributed by atoms with E-state index in [4.69, 9.17) is 4.74 Å². The highest BCUT2D eigenvalue weighted by Gasteiger charge is 2.46. The number of benzene rings is 1. The fourth-order valence-electron chi connectivity index (χ4n) is 3.81. The van der Waals surface area contributed by atoms with E-state index in [2.05, 4.69) is 0 Å². The van der Waals surface area contributed by atoms with Crippen molar-refractivity contribution < 1.29 is 14.6 Å². The van der Waals surface area contributed by atoms with Gasteiger partial charge in [-0.25, -0.2) is 0 Å². The minimum atomic E-state index is -0.497. The number of rotatable bonds is 3. The Morgan fingerprint density at radius 2 is 1.95 bits per heavy atom. The zero-order chi connectivity index (χ0) is 13.9. The van der Waals surface area contributed by atoms with Gasteiger partial charge in [-0.05, 0) is 30.2 Å². The van der Waals surface area contributed by atoms with Gasteiger partial charge in [-0.1, -0.05) is 49.6 Å². The summed E-state index contributed by atoms with van der Waals surface area (Å²) >= 11 is 0. The topological polar surface area (TPSA) is 46.5 Å². The molecule has 0 unspecified atom stereocenters. The van der Waals surface area contributed by atoms with Crippen LogP contribution in [0.25, 0.3) is 0 Å². The van der Waals surface area contributed by atoms with Crippen molar-refractivity contribution in [3.05, 3.63) is 35.9 Å². The molecule has 2 saturated carbocycles. The number of esters is 1. The fraction of sp³-hybridized carbons (Fsp3) is 0.588. The first-order chi connectivity index (χ1) is 9.75.